The van der Waals surface area contributed by atoms with Gasteiger partial charge in [-0.25, -0.2) is 0 Å². The molecule has 2 N–H and O–H groups in total. The predicted octanol–water partition coefficient (Wildman–Crippen LogP) is 1.51. The molecule has 3 fully saturated rings. The SMILES string of the molecule is C1CNCCN1.C=O.CN1CCN(C2CCCC3=CCCCC32)CC1. The molecule has 2 heterocycles. The Labute approximate surface area is 154 Å². The maximum atomic E-state index is 8.00. The molecule has 0 aromatic heterocycles. The number of rotatable bonds is 1. The normalized spacial score (nSPS) is 30.7. The second kappa shape index (κ2) is 11.8. The summed E-state index contributed by atoms with van der Waals surface area (Å²) in [6.45, 7) is 11.7. The summed E-state index contributed by atoms with van der Waals surface area (Å²) in [5.41, 5.74) is 1.81. The first kappa shape index (κ1) is 20.6. The van der Waals surface area contributed by atoms with Crippen molar-refractivity contribution in [3.63, 3.8) is 0 Å². The van der Waals surface area contributed by atoms with E-state index in [1.807, 2.05) is 12.4 Å². The third-order valence-electron chi connectivity index (χ3n) is 6.00. The molecular weight excluding hydrogens is 312 g/mol. The van der Waals surface area contributed by atoms with Gasteiger partial charge in [0.15, 0.2) is 0 Å². The van der Waals surface area contributed by atoms with Crippen LogP contribution in [0.1, 0.15) is 38.5 Å². The van der Waals surface area contributed by atoms with Gasteiger partial charge >= 0.3 is 0 Å². The second-order valence-electron chi connectivity index (χ2n) is 7.62. The van der Waals surface area contributed by atoms with Crippen LogP contribution in [-0.2, 0) is 4.79 Å². The van der Waals surface area contributed by atoms with Crippen molar-refractivity contribution in [2.45, 2.75) is 44.6 Å². The van der Waals surface area contributed by atoms with E-state index in [9.17, 15) is 0 Å². The van der Waals surface area contributed by atoms with E-state index in [0.29, 0.717) is 0 Å². The summed E-state index contributed by atoms with van der Waals surface area (Å²) in [4.78, 5) is 13.3. The van der Waals surface area contributed by atoms with Gasteiger partial charge in [-0.1, -0.05) is 11.6 Å². The summed E-state index contributed by atoms with van der Waals surface area (Å²) in [6, 6.07) is 0.879. The Morgan fingerprint density at radius 2 is 1.60 bits per heavy atom. The Morgan fingerprint density at radius 1 is 0.960 bits per heavy atom. The monoisotopic (exact) mass is 350 g/mol. The van der Waals surface area contributed by atoms with Crippen LogP contribution in [0.3, 0.4) is 0 Å². The van der Waals surface area contributed by atoms with Gasteiger partial charge in [0, 0.05) is 58.4 Å². The first-order chi connectivity index (χ1) is 12.3. The standard InChI is InChI=1S/C15H26N2.C4H10N2.CH2O/c1-16-9-11-17(12-10-16)15-8-4-6-13-5-2-3-7-14(13)15;1-2-6-4-3-5-1;1-2/h5,14-15H,2-4,6-12H2,1H3;5-6H,1-4H2;1H2. The zero-order valence-electron chi connectivity index (χ0n) is 16.1. The van der Waals surface area contributed by atoms with Gasteiger partial charge in [0.2, 0.25) is 0 Å². The molecule has 2 aliphatic heterocycles. The van der Waals surface area contributed by atoms with Gasteiger partial charge < -0.3 is 20.3 Å². The highest BCUT2D eigenvalue weighted by Crippen LogP contribution is 2.39. The highest BCUT2D eigenvalue weighted by atomic mass is 16.1. The molecule has 0 bridgehead atoms. The van der Waals surface area contributed by atoms with Gasteiger partial charge in [-0.3, -0.25) is 4.90 Å². The fourth-order valence-corrected chi connectivity index (χ4v) is 4.60. The van der Waals surface area contributed by atoms with E-state index in [2.05, 4.69) is 33.6 Å². The van der Waals surface area contributed by atoms with E-state index in [0.717, 1.165) is 38.1 Å². The maximum Gasteiger partial charge on any atom is 0.106 e. The predicted molar refractivity (Wildman–Crippen MR) is 105 cm³/mol. The van der Waals surface area contributed by atoms with Gasteiger partial charge in [0.25, 0.3) is 0 Å². The van der Waals surface area contributed by atoms with Crippen molar-refractivity contribution in [2.75, 3.05) is 59.4 Å². The van der Waals surface area contributed by atoms with Crippen LogP contribution in [-0.4, -0.2) is 82.0 Å². The smallest absolute Gasteiger partial charge is 0.106 e. The van der Waals surface area contributed by atoms with Crippen LogP contribution in [0.4, 0.5) is 0 Å². The number of carbonyl (C=O) groups excluding carboxylic acids is 1. The summed E-state index contributed by atoms with van der Waals surface area (Å²) in [5.74, 6) is 0.918. The lowest BCUT2D eigenvalue weighted by Crippen LogP contribution is -2.52. The molecule has 0 aromatic rings. The highest BCUT2D eigenvalue weighted by molar-refractivity contribution is 5.16. The van der Waals surface area contributed by atoms with Gasteiger partial charge in [0.05, 0.1) is 0 Å². The van der Waals surface area contributed by atoms with Gasteiger partial charge in [-0.05, 0) is 51.5 Å². The largest absolute Gasteiger partial charge is 0.314 e. The summed E-state index contributed by atoms with van der Waals surface area (Å²) in [7, 11) is 2.25. The Balaban J connectivity index is 0.000000237. The fourth-order valence-electron chi connectivity index (χ4n) is 4.60. The summed E-state index contributed by atoms with van der Waals surface area (Å²) < 4.78 is 0. The first-order valence-electron chi connectivity index (χ1n) is 10.2. The van der Waals surface area contributed by atoms with E-state index in [1.54, 1.807) is 0 Å². The molecule has 1 saturated carbocycles. The number of likely N-dealkylation sites (N-methyl/N-ethyl adjacent to an activating group) is 1. The lowest BCUT2D eigenvalue weighted by molar-refractivity contribution is -0.0979. The minimum absolute atomic E-state index is 0.879. The van der Waals surface area contributed by atoms with Crippen LogP contribution < -0.4 is 10.6 Å². The number of allylic oxidation sites excluding steroid dienone is 1. The molecule has 4 rings (SSSR count). The van der Waals surface area contributed by atoms with E-state index in [-0.39, 0.29) is 0 Å². The third kappa shape index (κ3) is 6.48. The Kier molecular flexibility index (Phi) is 9.69. The van der Waals surface area contributed by atoms with Crippen molar-refractivity contribution < 1.29 is 4.79 Å². The number of nitrogens with zero attached hydrogens (tertiary/aromatic N) is 2. The second-order valence-corrected chi connectivity index (χ2v) is 7.62. The van der Waals surface area contributed by atoms with E-state index >= 15 is 0 Å². The Hall–Kier alpha value is -0.750. The molecule has 25 heavy (non-hydrogen) atoms. The molecule has 0 amide bonds. The number of hydrogen-bond donors (Lipinski definition) is 2. The van der Waals surface area contributed by atoms with Crippen LogP contribution >= 0.6 is 0 Å². The lowest BCUT2D eigenvalue weighted by Gasteiger charge is -2.45. The Morgan fingerprint density at radius 3 is 2.20 bits per heavy atom. The highest BCUT2D eigenvalue weighted by Gasteiger charge is 2.34. The molecule has 5 nitrogen and oxygen atoms in total. The first-order valence-corrected chi connectivity index (χ1v) is 10.2. The molecule has 0 spiro atoms. The zero-order valence-corrected chi connectivity index (χ0v) is 16.1. The van der Waals surface area contributed by atoms with Crippen LogP contribution in [0.5, 0.6) is 0 Å². The molecule has 0 aromatic carbocycles. The van der Waals surface area contributed by atoms with Crippen molar-refractivity contribution in [1.82, 2.24) is 20.4 Å². The molecular formula is C20H38N4O. The number of carbonyl (C=O) groups is 1. The minimum Gasteiger partial charge on any atom is -0.314 e. The summed E-state index contributed by atoms with van der Waals surface area (Å²) >= 11 is 0. The average Bonchev–Trinajstić information content (AvgIpc) is 2.72. The molecule has 2 aliphatic carbocycles. The number of piperazine rings is 2. The van der Waals surface area contributed by atoms with Crippen LogP contribution in [0.15, 0.2) is 11.6 Å². The van der Waals surface area contributed by atoms with Gasteiger partial charge in [-0.2, -0.15) is 0 Å². The molecule has 5 heteroatoms. The molecule has 0 radical (unpaired) electrons. The molecule has 4 aliphatic rings. The molecule has 2 saturated heterocycles. The van der Waals surface area contributed by atoms with Gasteiger partial charge in [0.1, 0.15) is 6.79 Å². The molecule has 144 valence electrons. The molecule has 2 atom stereocenters. The van der Waals surface area contributed by atoms with Crippen molar-refractivity contribution in [3.8, 4) is 0 Å². The third-order valence-corrected chi connectivity index (χ3v) is 6.00. The van der Waals surface area contributed by atoms with E-state index < -0.39 is 0 Å². The summed E-state index contributed by atoms with van der Waals surface area (Å²) in [6.07, 6.45) is 11.1. The van der Waals surface area contributed by atoms with Crippen molar-refractivity contribution in [2.24, 2.45) is 5.92 Å². The quantitative estimate of drug-likeness (QED) is 0.702. The van der Waals surface area contributed by atoms with Crippen molar-refractivity contribution in [1.29, 1.82) is 0 Å². The number of nitrogens with one attached hydrogen (secondary N) is 2. The topological polar surface area (TPSA) is 47.6 Å². The fraction of sp³-hybridized carbons (Fsp3) is 0.850. The van der Waals surface area contributed by atoms with Crippen LogP contribution in [0.2, 0.25) is 0 Å². The van der Waals surface area contributed by atoms with E-state index in [1.165, 1.54) is 64.7 Å². The zero-order chi connectivity index (χ0) is 17.9. The van der Waals surface area contributed by atoms with Gasteiger partial charge in [-0.15, -0.1) is 0 Å². The van der Waals surface area contributed by atoms with Crippen LogP contribution in [0.25, 0.3) is 0 Å². The summed E-state index contributed by atoms with van der Waals surface area (Å²) in [5, 5.41) is 6.44. The maximum absolute atomic E-state index is 8.00. The number of hydrogen-bond acceptors (Lipinski definition) is 5. The van der Waals surface area contributed by atoms with E-state index in [4.69, 9.17) is 4.79 Å². The number of fused-ring (bicyclic) bond motifs is 1. The lowest BCUT2D eigenvalue weighted by atomic mass is 9.74. The Bertz CT molecular complexity index is 378. The molecule has 2 unspecified atom stereocenters. The van der Waals surface area contributed by atoms with Crippen LogP contribution in [0, 0.1) is 5.92 Å². The van der Waals surface area contributed by atoms with Crippen molar-refractivity contribution in [3.05, 3.63) is 11.6 Å². The average molecular weight is 351 g/mol. The van der Waals surface area contributed by atoms with Crippen molar-refractivity contribution >= 4 is 6.79 Å². The minimum atomic E-state index is 0.879.